The van der Waals surface area contributed by atoms with Crippen LogP contribution in [0.3, 0.4) is 0 Å². The van der Waals surface area contributed by atoms with E-state index < -0.39 is 0 Å². The Morgan fingerprint density at radius 3 is 2.57 bits per heavy atom. The number of carbonyl (C=O) groups is 1. The molecule has 0 aliphatic rings. The molecule has 0 saturated heterocycles. The Morgan fingerprint density at radius 1 is 1.04 bits per heavy atom. The molecular weight excluding hydrogens is 360 g/mol. The van der Waals surface area contributed by atoms with E-state index in [1.807, 2.05) is 24.3 Å². The Bertz CT molecular complexity index is 1030. The Morgan fingerprint density at radius 2 is 1.82 bits per heavy atom. The number of para-hydroxylation sites is 2. The van der Waals surface area contributed by atoms with Crippen molar-refractivity contribution in [3.63, 3.8) is 0 Å². The molecule has 7 nitrogen and oxygen atoms in total. The van der Waals surface area contributed by atoms with Crippen LogP contribution in [0.2, 0.25) is 0 Å². The van der Waals surface area contributed by atoms with Gasteiger partial charge in [-0.2, -0.15) is 0 Å². The third-order valence-electron chi connectivity index (χ3n) is 4.27. The van der Waals surface area contributed by atoms with Crippen LogP contribution in [0.15, 0.2) is 53.3 Å². The molecule has 0 spiro atoms. The maximum absolute atomic E-state index is 12.2. The molecule has 0 aliphatic heterocycles. The van der Waals surface area contributed by atoms with Crippen LogP contribution in [0.1, 0.15) is 5.56 Å². The van der Waals surface area contributed by atoms with Crippen molar-refractivity contribution >= 4 is 16.8 Å². The molecular formula is C21H22N2O5. The molecule has 0 saturated carbocycles. The number of hydrogen-bond donors (Lipinski definition) is 2. The van der Waals surface area contributed by atoms with Gasteiger partial charge in [0.2, 0.25) is 0 Å². The Kier molecular flexibility index (Phi) is 6.16. The van der Waals surface area contributed by atoms with Crippen molar-refractivity contribution in [2.75, 3.05) is 27.4 Å². The summed E-state index contributed by atoms with van der Waals surface area (Å²) in [5, 5.41) is 3.66. The number of hydrogen-bond acceptors (Lipinski definition) is 5. The van der Waals surface area contributed by atoms with Crippen molar-refractivity contribution in [1.82, 2.24) is 10.3 Å². The molecule has 1 aromatic heterocycles. The number of aromatic nitrogens is 1. The number of pyridine rings is 1. The number of ether oxygens (including phenoxy) is 3. The summed E-state index contributed by atoms with van der Waals surface area (Å²) in [6, 6.07) is 14.4. The van der Waals surface area contributed by atoms with Gasteiger partial charge in [-0.1, -0.05) is 12.1 Å². The fourth-order valence-electron chi connectivity index (χ4n) is 2.81. The first-order valence-corrected chi connectivity index (χ1v) is 8.83. The minimum absolute atomic E-state index is 0.131. The van der Waals surface area contributed by atoms with Gasteiger partial charge in [-0.15, -0.1) is 0 Å². The Balaban J connectivity index is 1.55. The van der Waals surface area contributed by atoms with Crippen LogP contribution >= 0.6 is 0 Å². The summed E-state index contributed by atoms with van der Waals surface area (Å²) in [4.78, 5) is 27.1. The van der Waals surface area contributed by atoms with E-state index in [-0.39, 0.29) is 18.1 Å². The van der Waals surface area contributed by atoms with Crippen LogP contribution in [-0.4, -0.2) is 38.3 Å². The van der Waals surface area contributed by atoms with Crippen molar-refractivity contribution in [2.45, 2.75) is 6.42 Å². The van der Waals surface area contributed by atoms with E-state index >= 15 is 0 Å². The predicted octanol–water partition coefficient (Wildman–Crippen LogP) is 2.28. The number of carbonyl (C=O) groups excluding carboxylic acids is 1. The van der Waals surface area contributed by atoms with Crippen molar-refractivity contribution in [3.8, 4) is 17.2 Å². The van der Waals surface area contributed by atoms with Crippen LogP contribution in [-0.2, 0) is 11.2 Å². The molecule has 0 aliphatic carbocycles. The molecule has 146 valence electrons. The average Bonchev–Trinajstić information content (AvgIpc) is 2.72. The average molecular weight is 382 g/mol. The SMILES string of the molecule is COc1ccc2cc(CCNC(=O)COc3ccccc3OC)c(=O)[nH]c2c1. The van der Waals surface area contributed by atoms with Crippen molar-refractivity contribution in [1.29, 1.82) is 0 Å². The minimum atomic E-state index is -0.270. The third-order valence-corrected chi connectivity index (χ3v) is 4.27. The number of H-pyrrole nitrogens is 1. The first-order valence-electron chi connectivity index (χ1n) is 8.83. The predicted molar refractivity (Wildman–Crippen MR) is 106 cm³/mol. The molecule has 1 amide bonds. The normalized spacial score (nSPS) is 10.5. The fraction of sp³-hybridized carbons (Fsp3) is 0.238. The van der Waals surface area contributed by atoms with Gasteiger partial charge in [0.15, 0.2) is 18.1 Å². The highest BCUT2D eigenvalue weighted by Gasteiger charge is 2.08. The lowest BCUT2D eigenvalue weighted by molar-refractivity contribution is -0.123. The van der Waals surface area contributed by atoms with Crippen LogP contribution in [0, 0.1) is 0 Å². The van der Waals surface area contributed by atoms with Crippen LogP contribution in [0.25, 0.3) is 10.9 Å². The molecule has 0 radical (unpaired) electrons. The largest absolute Gasteiger partial charge is 0.497 e. The lowest BCUT2D eigenvalue weighted by atomic mass is 10.1. The summed E-state index contributed by atoms with van der Waals surface area (Å²) in [6.45, 7) is 0.201. The van der Waals surface area contributed by atoms with Crippen molar-refractivity contribution < 1.29 is 19.0 Å². The summed E-state index contributed by atoms with van der Waals surface area (Å²) < 4.78 is 15.8. The molecule has 0 fully saturated rings. The summed E-state index contributed by atoms with van der Waals surface area (Å²) in [7, 11) is 3.12. The van der Waals surface area contributed by atoms with Gasteiger partial charge < -0.3 is 24.5 Å². The highest BCUT2D eigenvalue weighted by atomic mass is 16.5. The van der Waals surface area contributed by atoms with E-state index in [0.29, 0.717) is 41.3 Å². The number of aromatic amines is 1. The fourth-order valence-corrected chi connectivity index (χ4v) is 2.81. The number of nitrogens with one attached hydrogen (secondary N) is 2. The van der Waals surface area contributed by atoms with Gasteiger partial charge >= 0.3 is 0 Å². The molecule has 1 heterocycles. The zero-order valence-corrected chi connectivity index (χ0v) is 15.8. The summed E-state index contributed by atoms with van der Waals surface area (Å²) in [6.07, 6.45) is 0.414. The first kappa shape index (κ1) is 19.3. The first-order chi connectivity index (χ1) is 13.6. The lowest BCUT2D eigenvalue weighted by Crippen LogP contribution is -2.31. The second-order valence-corrected chi connectivity index (χ2v) is 6.12. The topological polar surface area (TPSA) is 89.7 Å². The third kappa shape index (κ3) is 4.62. The smallest absolute Gasteiger partial charge is 0.257 e. The quantitative estimate of drug-likeness (QED) is 0.624. The number of rotatable bonds is 8. The zero-order chi connectivity index (χ0) is 19.9. The van der Waals surface area contributed by atoms with Gasteiger partial charge in [0.1, 0.15) is 5.75 Å². The summed E-state index contributed by atoms with van der Waals surface area (Å²) in [5.74, 6) is 1.47. The summed E-state index contributed by atoms with van der Waals surface area (Å²) >= 11 is 0. The molecule has 3 rings (SSSR count). The van der Waals surface area contributed by atoms with E-state index in [2.05, 4.69) is 10.3 Å². The number of amides is 1. The van der Waals surface area contributed by atoms with Gasteiger partial charge in [0.25, 0.3) is 11.5 Å². The number of fused-ring (bicyclic) bond motifs is 1. The second-order valence-electron chi connectivity index (χ2n) is 6.12. The standard InChI is InChI=1S/C21H22N2O5/c1-26-16-8-7-14-11-15(21(25)23-17(14)12-16)9-10-22-20(24)13-28-19-6-4-3-5-18(19)27-2/h3-8,11-12H,9-10,13H2,1-2H3,(H,22,24)(H,23,25). The van der Waals surface area contributed by atoms with E-state index in [0.717, 1.165) is 5.39 Å². The molecule has 2 N–H and O–H groups in total. The Hall–Kier alpha value is -3.48. The molecule has 2 aromatic carbocycles. The van der Waals surface area contributed by atoms with E-state index in [1.165, 1.54) is 0 Å². The van der Waals surface area contributed by atoms with E-state index in [1.54, 1.807) is 38.5 Å². The number of benzene rings is 2. The van der Waals surface area contributed by atoms with Crippen molar-refractivity contribution in [2.24, 2.45) is 0 Å². The second kappa shape index (κ2) is 8.94. The molecule has 0 bridgehead atoms. The van der Waals surface area contributed by atoms with Gasteiger partial charge in [0, 0.05) is 18.2 Å². The zero-order valence-electron chi connectivity index (χ0n) is 15.8. The maximum Gasteiger partial charge on any atom is 0.257 e. The highest BCUT2D eigenvalue weighted by molar-refractivity contribution is 5.80. The van der Waals surface area contributed by atoms with Gasteiger partial charge in [-0.25, -0.2) is 0 Å². The highest BCUT2D eigenvalue weighted by Crippen LogP contribution is 2.25. The van der Waals surface area contributed by atoms with Gasteiger partial charge in [-0.3, -0.25) is 9.59 Å². The van der Waals surface area contributed by atoms with Crippen LogP contribution in [0.5, 0.6) is 17.2 Å². The molecule has 7 heteroatoms. The minimum Gasteiger partial charge on any atom is -0.497 e. The molecule has 0 atom stereocenters. The van der Waals surface area contributed by atoms with E-state index in [9.17, 15) is 9.59 Å². The van der Waals surface area contributed by atoms with Gasteiger partial charge in [0.05, 0.1) is 19.7 Å². The van der Waals surface area contributed by atoms with Crippen molar-refractivity contribution in [3.05, 3.63) is 64.4 Å². The van der Waals surface area contributed by atoms with E-state index in [4.69, 9.17) is 14.2 Å². The van der Waals surface area contributed by atoms with Crippen LogP contribution < -0.4 is 25.1 Å². The van der Waals surface area contributed by atoms with Gasteiger partial charge in [-0.05, 0) is 42.1 Å². The molecule has 28 heavy (non-hydrogen) atoms. The Labute approximate surface area is 162 Å². The summed E-state index contributed by atoms with van der Waals surface area (Å²) in [5.41, 5.74) is 1.13. The molecule has 0 unspecified atom stereocenters. The van der Waals surface area contributed by atoms with Crippen LogP contribution in [0.4, 0.5) is 0 Å². The molecule has 3 aromatic rings. The lowest BCUT2D eigenvalue weighted by Gasteiger charge is -2.10. The maximum atomic E-state index is 12.2. The monoisotopic (exact) mass is 382 g/mol. The number of methoxy groups -OCH3 is 2.